The second kappa shape index (κ2) is 7.23. The van der Waals surface area contributed by atoms with Crippen molar-refractivity contribution in [3.8, 4) is 0 Å². The summed E-state index contributed by atoms with van der Waals surface area (Å²) in [6.45, 7) is 3.75. The maximum atomic E-state index is 12.1. The standard InChI is InChI=1S/C13H19N3O3S/c1-2-19-13(18)15-12-14-10(9-20-12)8-11(17)16-6-4-3-5-7-16/h9H,2-8H2,1H3,(H,14,15,18). The van der Waals surface area contributed by atoms with E-state index in [4.69, 9.17) is 4.74 Å². The number of piperidine rings is 1. The number of aromatic nitrogens is 1. The second-order valence-corrected chi connectivity index (χ2v) is 5.47. The first-order chi connectivity index (χ1) is 9.69. The maximum absolute atomic E-state index is 12.1. The molecule has 1 fully saturated rings. The first-order valence-electron chi connectivity index (χ1n) is 6.85. The van der Waals surface area contributed by atoms with E-state index < -0.39 is 6.09 Å². The summed E-state index contributed by atoms with van der Waals surface area (Å²) < 4.78 is 4.77. The molecule has 1 aliphatic rings. The monoisotopic (exact) mass is 297 g/mol. The van der Waals surface area contributed by atoms with Crippen LogP contribution in [0, 0.1) is 0 Å². The summed E-state index contributed by atoms with van der Waals surface area (Å²) in [7, 11) is 0. The first-order valence-corrected chi connectivity index (χ1v) is 7.73. The number of thiazole rings is 1. The molecule has 110 valence electrons. The molecule has 1 aromatic heterocycles. The molecule has 0 unspecified atom stereocenters. The summed E-state index contributed by atoms with van der Waals surface area (Å²) in [5, 5.41) is 4.80. The summed E-state index contributed by atoms with van der Waals surface area (Å²) in [5.74, 6) is 0.109. The summed E-state index contributed by atoms with van der Waals surface area (Å²) in [6.07, 6.45) is 3.14. The molecule has 1 aliphatic heterocycles. The Morgan fingerprint density at radius 3 is 2.85 bits per heavy atom. The van der Waals surface area contributed by atoms with Gasteiger partial charge in [0.05, 0.1) is 18.7 Å². The molecule has 1 N–H and O–H groups in total. The van der Waals surface area contributed by atoms with Crippen LogP contribution in [-0.2, 0) is 16.0 Å². The van der Waals surface area contributed by atoms with Crippen molar-refractivity contribution in [1.29, 1.82) is 0 Å². The molecule has 0 bridgehead atoms. The zero-order valence-corrected chi connectivity index (χ0v) is 12.4. The van der Waals surface area contributed by atoms with Crippen LogP contribution in [-0.4, -0.2) is 41.6 Å². The van der Waals surface area contributed by atoms with E-state index in [1.54, 1.807) is 12.3 Å². The number of hydrogen-bond acceptors (Lipinski definition) is 5. The van der Waals surface area contributed by atoms with Crippen LogP contribution in [0.2, 0.25) is 0 Å². The zero-order chi connectivity index (χ0) is 14.4. The SMILES string of the molecule is CCOC(=O)Nc1nc(CC(=O)N2CCCCC2)cs1. The minimum atomic E-state index is -0.518. The van der Waals surface area contributed by atoms with E-state index in [1.807, 2.05) is 4.90 Å². The third-order valence-electron chi connectivity index (χ3n) is 3.08. The van der Waals surface area contributed by atoms with E-state index in [0.717, 1.165) is 25.9 Å². The Labute approximate surface area is 122 Å². The van der Waals surface area contributed by atoms with Gasteiger partial charge in [-0.1, -0.05) is 0 Å². The molecule has 0 radical (unpaired) electrons. The van der Waals surface area contributed by atoms with Gasteiger partial charge in [-0.15, -0.1) is 11.3 Å². The number of amides is 2. The van der Waals surface area contributed by atoms with Crippen LogP contribution in [0.4, 0.5) is 9.93 Å². The second-order valence-electron chi connectivity index (χ2n) is 4.61. The van der Waals surface area contributed by atoms with Crippen LogP contribution in [0.1, 0.15) is 31.9 Å². The number of nitrogens with one attached hydrogen (secondary N) is 1. The third-order valence-corrected chi connectivity index (χ3v) is 3.88. The highest BCUT2D eigenvalue weighted by Crippen LogP contribution is 2.17. The fraction of sp³-hybridized carbons (Fsp3) is 0.615. The lowest BCUT2D eigenvalue weighted by molar-refractivity contribution is -0.131. The fourth-order valence-corrected chi connectivity index (χ4v) is 2.81. The van der Waals surface area contributed by atoms with Gasteiger partial charge in [-0.3, -0.25) is 10.1 Å². The van der Waals surface area contributed by atoms with E-state index in [-0.39, 0.29) is 5.91 Å². The van der Waals surface area contributed by atoms with Crippen molar-refractivity contribution in [1.82, 2.24) is 9.88 Å². The minimum absolute atomic E-state index is 0.109. The van der Waals surface area contributed by atoms with E-state index >= 15 is 0 Å². The summed E-state index contributed by atoms with van der Waals surface area (Å²) in [4.78, 5) is 29.4. The molecule has 6 nitrogen and oxygen atoms in total. The van der Waals surface area contributed by atoms with Gasteiger partial charge in [0.2, 0.25) is 5.91 Å². The van der Waals surface area contributed by atoms with Gasteiger partial charge in [-0.25, -0.2) is 9.78 Å². The molecule has 20 heavy (non-hydrogen) atoms. The van der Waals surface area contributed by atoms with Crippen molar-refractivity contribution in [3.63, 3.8) is 0 Å². The molecule has 0 aliphatic carbocycles. The number of nitrogens with zero attached hydrogens (tertiary/aromatic N) is 2. The number of likely N-dealkylation sites (tertiary alicyclic amines) is 1. The molecule has 2 heterocycles. The fourth-order valence-electron chi connectivity index (χ4n) is 2.11. The normalized spacial score (nSPS) is 14.9. The van der Waals surface area contributed by atoms with Crippen molar-refractivity contribution in [2.45, 2.75) is 32.6 Å². The Bertz CT molecular complexity index is 469. The Hall–Kier alpha value is -1.63. The van der Waals surface area contributed by atoms with Gasteiger partial charge >= 0.3 is 6.09 Å². The summed E-state index contributed by atoms with van der Waals surface area (Å²) >= 11 is 1.30. The smallest absolute Gasteiger partial charge is 0.413 e. The van der Waals surface area contributed by atoms with Crippen molar-refractivity contribution < 1.29 is 14.3 Å². The van der Waals surface area contributed by atoms with Crippen LogP contribution >= 0.6 is 11.3 Å². The third kappa shape index (κ3) is 4.19. The van der Waals surface area contributed by atoms with Crippen molar-refractivity contribution in [3.05, 3.63) is 11.1 Å². The molecule has 0 aromatic carbocycles. The maximum Gasteiger partial charge on any atom is 0.413 e. The number of hydrogen-bond donors (Lipinski definition) is 1. The van der Waals surface area contributed by atoms with Gasteiger partial charge < -0.3 is 9.64 Å². The van der Waals surface area contributed by atoms with Crippen LogP contribution < -0.4 is 5.32 Å². The van der Waals surface area contributed by atoms with E-state index in [0.29, 0.717) is 23.9 Å². The van der Waals surface area contributed by atoms with Crippen LogP contribution in [0.15, 0.2) is 5.38 Å². The lowest BCUT2D eigenvalue weighted by Crippen LogP contribution is -2.36. The van der Waals surface area contributed by atoms with Crippen LogP contribution in [0.3, 0.4) is 0 Å². The highest BCUT2D eigenvalue weighted by Gasteiger charge is 2.18. The van der Waals surface area contributed by atoms with Gasteiger partial charge in [0.15, 0.2) is 5.13 Å². The first kappa shape index (κ1) is 14.8. The highest BCUT2D eigenvalue weighted by molar-refractivity contribution is 7.13. The largest absolute Gasteiger partial charge is 0.450 e. The van der Waals surface area contributed by atoms with Crippen molar-refractivity contribution >= 4 is 28.5 Å². The predicted octanol–water partition coefficient (Wildman–Crippen LogP) is 2.27. The lowest BCUT2D eigenvalue weighted by Gasteiger charge is -2.26. The molecular formula is C13H19N3O3S. The van der Waals surface area contributed by atoms with Crippen molar-refractivity contribution in [2.24, 2.45) is 0 Å². The Balaban J connectivity index is 1.85. The van der Waals surface area contributed by atoms with Gasteiger partial charge in [0, 0.05) is 18.5 Å². The lowest BCUT2D eigenvalue weighted by atomic mass is 10.1. The Morgan fingerprint density at radius 2 is 2.15 bits per heavy atom. The molecule has 0 atom stereocenters. The summed E-state index contributed by atoms with van der Waals surface area (Å²) in [6, 6.07) is 0. The molecule has 2 amide bonds. The van der Waals surface area contributed by atoms with Gasteiger partial charge in [0.25, 0.3) is 0 Å². The van der Waals surface area contributed by atoms with E-state index in [1.165, 1.54) is 17.8 Å². The number of carbonyl (C=O) groups is 2. The highest BCUT2D eigenvalue weighted by atomic mass is 32.1. The Kier molecular flexibility index (Phi) is 5.34. The molecule has 7 heteroatoms. The Morgan fingerprint density at radius 1 is 1.40 bits per heavy atom. The number of carbonyl (C=O) groups excluding carboxylic acids is 2. The van der Waals surface area contributed by atoms with Gasteiger partial charge in [0.1, 0.15) is 0 Å². The summed E-state index contributed by atoms with van der Waals surface area (Å²) in [5.41, 5.74) is 0.692. The predicted molar refractivity (Wildman–Crippen MR) is 76.9 cm³/mol. The average Bonchev–Trinajstić information content (AvgIpc) is 2.87. The number of rotatable bonds is 4. The average molecular weight is 297 g/mol. The minimum Gasteiger partial charge on any atom is -0.450 e. The molecule has 1 saturated heterocycles. The van der Waals surface area contributed by atoms with Crippen molar-refractivity contribution in [2.75, 3.05) is 25.0 Å². The molecular weight excluding hydrogens is 278 g/mol. The quantitative estimate of drug-likeness (QED) is 0.925. The van der Waals surface area contributed by atoms with Crippen LogP contribution in [0.25, 0.3) is 0 Å². The van der Waals surface area contributed by atoms with E-state index in [9.17, 15) is 9.59 Å². The van der Waals surface area contributed by atoms with Gasteiger partial charge in [-0.05, 0) is 26.2 Å². The van der Waals surface area contributed by atoms with Gasteiger partial charge in [-0.2, -0.15) is 0 Å². The number of ether oxygens (including phenoxy) is 1. The number of anilines is 1. The van der Waals surface area contributed by atoms with Crippen LogP contribution in [0.5, 0.6) is 0 Å². The molecule has 2 rings (SSSR count). The molecule has 0 saturated carbocycles. The molecule has 1 aromatic rings. The van der Waals surface area contributed by atoms with E-state index in [2.05, 4.69) is 10.3 Å². The molecule has 0 spiro atoms. The topological polar surface area (TPSA) is 71.5 Å². The zero-order valence-electron chi connectivity index (χ0n) is 11.6.